The standard InChI is InChI=1S/C18H30ClN5O2.HI/c1-22(2)17(25)11-21-18(20-10-16-7-5-6-8-26-16)24(4)13-15-9-14(19)12-23(15)3;/h9,12,16H,5-8,10-11,13H2,1-4H3,(H,20,21);1H. The molecule has 7 nitrogen and oxygen atoms in total. The van der Waals surface area contributed by atoms with Gasteiger partial charge in [-0.3, -0.25) is 4.79 Å². The maximum atomic E-state index is 11.9. The zero-order valence-corrected chi connectivity index (χ0v) is 19.7. The molecule has 1 aromatic rings. The van der Waals surface area contributed by atoms with Crippen molar-refractivity contribution in [2.75, 3.05) is 40.8 Å². The number of aliphatic imine (C=N–C) groups is 1. The minimum Gasteiger partial charge on any atom is -0.376 e. The molecule has 0 bridgehead atoms. The molecular weight excluding hydrogens is 481 g/mol. The molecule has 0 spiro atoms. The Morgan fingerprint density at radius 3 is 2.70 bits per heavy atom. The van der Waals surface area contributed by atoms with Crippen LogP contribution < -0.4 is 5.32 Å². The van der Waals surface area contributed by atoms with Crippen LogP contribution in [0.15, 0.2) is 17.3 Å². The maximum absolute atomic E-state index is 11.9. The van der Waals surface area contributed by atoms with E-state index in [-0.39, 0.29) is 42.5 Å². The first-order valence-corrected chi connectivity index (χ1v) is 9.36. The van der Waals surface area contributed by atoms with Gasteiger partial charge in [0, 0.05) is 53.2 Å². The highest BCUT2D eigenvalue weighted by atomic mass is 127. The Bertz CT molecular complexity index is 629. The number of rotatable bonds is 6. The van der Waals surface area contributed by atoms with Crippen molar-refractivity contribution in [1.82, 2.24) is 19.7 Å². The van der Waals surface area contributed by atoms with Gasteiger partial charge in [-0.25, -0.2) is 4.99 Å². The van der Waals surface area contributed by atoms with E-state index < -0.39 is 0 Å². The normalized spacial score (nSPS) is 17.2. The summed E-state index contributed by atoms with van der Waals surface area (Å²) in [5.41, 5.74) is 1.07. The molecule has 1 aliphatic heterocycles. The average molecular weight is 512 g/mol. The highest BCUT2D eigenvalue weighted by molar-refractivity contribution is 14.0. The van der Waals surface area contributed by atoms with Gasteiger partial charge in [-0.1, -0.05) is 11.6 Å². The van der Waals surface area contributed by atoms with Crippen LogP contribution in [0.25, 0.3) is 0 Å². The van der Waals surface area contributed by atoms with Crippen LogP contribution in [-0.2, 0) is 23.1 Å². The Kier molecular flexibility index (Phi) is 10.5. The lowest BCUT2D eigenvalue weighted by Gasteiger charge is -2.27. The number of aryl methyl sites for hydroxylation is 1. The van der Waals surface area contributed by atoms with Crippen molar-refractivity contribution in [3.8, 4) is 0 Å². The molecule has 2 heterocycles. The van der Waals surface area contributed by atoms with Gasteiger partial charge < -0.3 is 24.4 Å². The molecule has 0 aromatic carbocycles. The number of halogens is 2. The van der Waals surface area contributed by atoms with Gasteiger partial charge in [-0.15, -0.1) is 24.0 Å². The molecule has 1 unspecified atom stereocenters. The van der Waals surface area contributed by atoms with Crippen LogP contribution in [0.3, 0.4) is 0 Å². The summed E-state index contributed by atoms with van der Waals surface area (Å²) in [7, 11) is 7.38. The smallest absolute Gasteiger partial charge is 0.243 e. The Morgan fingerprint density at radius 2 is 2.15 bits per heavy atom. The average Bonchev–Trinajstić information content (AvgIpc) is 2.92. The lowest BCUT2D eigenvalue weighted by Crippen LogP contribution is -2.44. The van der Waals surface area contributed by atoms with Gasteiger partial charge in [-0.05, 0) is 25.3 Å². The number of aromatic nitrogens is 1. The van der Waals surface area contributed by atoms with Crippen molar-refractivity contribution in [3.05, 3.63) is 23.0 Å². The van der Waals surface area contributed by atoms with E-state index in [1.165, 1.54) is 6.42 Å². The summed E-state index contributed by atoms with van der Waals surface area (Å²) < 4.78 is 7.77. The number of ether oxygens (including phenoxy) is 1. The van der Waals surface area contributed by atoms with Crippen LogP contribution >= 0.6 is 35.6 Å². The third-order valence-corrected chi connectivity index (χ3v) is 4.67. The summed E-state index contributed by atoms with van der Waals surface area (Å²) in [6.07, 6.45) is 5.43. The van der Waals surface area contributed by atoms with E-state index in [0.29, 0.717) is 24.1 Å². The van der Waals surface area contributed by atoms with Crippen LogP contribution in [0.1, 0.15) is 25.0 Å². The van der Waals surface area contributed by atoms with Gasteiger partial charge in [0.1, 0.15) is 6.54 Å². The van der Waals surface area contributed by atoms with Gasteiger partial charge in [0.25, 0.3) is 0 Å². The summed E-state index contributed by atoms with van der Waals surface area (Å²) >= 11 is 6.08. The summed E-state index contributed by atoms with van der Waals surface area (Å²) in [6, 6.07) is 1.94. The number of likely N-dealkylation sites (N-methyl/N-ethyl adjacent to an activating group) is 1. The van der Waals surface area contributed by atoms with Crippen molar-refractivity contribution < 1.29 is 9.53 Å². The van der Waals surface area contributed by atoms with E-state index in [1.54, 1.807) is 19.0 Å². The summed E-state index contributed by atoms with van der Waals surface area (Å²) in [5.74, 6) is 0.653. The molecule has 27 heavy (non-hydrogen) atoms. The van der Waals surface area contributed by atoms with E-state index in [9.17, 15) is 4.79 Å². The molecule has 1 amide bonds. The van der Waals surface area contributed by atoms with Crippen molar-refractivity contribution in [2.24, 2.45) is 12.0 Å². The van der Waals surface area contributed by atoms with Gasteiger partial charge >= 0.3 is 0 Å². The number of nitrogens with one attached hydrogen (secondary N) is 1. The lowest BCUT2D eigenvalue weighted by molar-refractivity contribution is -0.127. The van der Waals surface area contributed by atoms with Crippen LogP contribution in [0, 0.1) is 0 Å². The number of hydrogen-bond donors (Lipinski definition) is 1. The molecule has 2 rings (SSSR count). The van der Waals surface area contributed by atoms with Crippen LogP contribution in [-0.4, -0.2) is 73.2 Å². The maximum Gasteiger partial charge on any atom is 0.243 e. The fraction of sp³-hybridized carbons (Fsp3) is 0.667. The Balaban J connectivity index is 0.00000364. The Labute approximate surface area is 184 Å². The van der Waals surface area contributed by atoms with Crippen LogP contribution in [0.5, 0.6) is 0 Å². The van der Waals surface area contributed by atoms with Crippen LogP contribution in [0.2, 0.25) is 5.02 Å². The van der Waals surface area contributed by atoms with Crippen molar-refractivity contribution in [1.29, 1.82) is 0 Å². The minimum absolute atomic E-state index is 0. The van der Waals surface area contributed by atoms with E-state index >= 15 is 0 Å². The lowest BCUT2D eigenvalue weighted by atomic mass is 10.1. The number of nitrogens with zero attached hydrogens (tertiary/aromatic N) is 4. The SMILES string of the molecule is CN(C)C(=O)CN=C(NCC1CCCCO1)N(C)Cc1cc(Cl)cn1C.I. The molecule has 0 aliphatic carbocycles. The molecule has 154 valence electrons. The zero-order valence-electron chi connectivity index (χ0n) is 16.6. The topological polar surface area (TPSA) is 62.1 Å². The second-order valence-electron chi connectivity index (χ2n) is 6.91. The fourth-order valence-corrected chi connectivity index (χ4v) is 3.08. The predicted octanol–water partition coefficient (Wildman–Crippen LogP) is 2.33. The number of carbonyl (C=O) groups excluding carboxylic acids is 1. The second-order valence-corrected chi connectivity index (χ2v) is 7.35. The zero-order chi connectivity index (χ0) is 19.1. The summed E-state index contributed by atoms with van der Waals surface area (Å²) in [6.45, 7) is 2.25. The Morgan fingerprint density at radius 1 is 1.41 bits per heavy atom. The van der Waals surface area contributed by atoms with E-state index in [4.69, 9.17) is 16.3 Å². The van der Waals surface area contributed by atoms with Crippen LogP contribution in [0.4, 0.5) is 0 Å². The molecule has 1 aromatic heterocycles. The molecule has 1 fully saturated rings. The first kappa shape index (κ1) is 24.0. The fourth-order valence-electron chi connectivity index (χ4n) is 2.81. The first-order valence-electron chi connectivity index (χ1n) is 8.98. The molecule has 9 heteroatoms. The first-order chi connectivity index (χ1) is 12.4. The Hall–Kier alpha value is -1.000. The van der Waals surface area contributed by atoms with Gasteiger partial charge in [0.15, 0.2) is 5.96 Å². The van der Waals surface area contributed by atoms with Crippen molar-refractivity contribution >= 4 is 47.4 Å². The number of hydrogen-bond acceptors (Lipinski definition) is 3. The molecular formula is C18H31ClIN5O2. The molecule has 0 saturated carbocycles. The van der Waals surface area contributed by atoms with E-state index in [1.807, 2.05) is 35.8 Å². The number of guanidine groups is 1. The number of amides is 1. The van der Waals surface area contributed by atoms with Gasteiger partial charge in [-0.2, -0.15) is 0 Å². The quantitative estimate of drug-likeness (QED) is 0.362. The second kappa shape index (κ2) is 11.8. The van der Waals surface area contributed by atoms with Crippen molar-refractivity contribution in [2.45, 2.75) is 31.9 Å². The van der Waals surface area contributed by atoms with Gasteiger partial charge in [0.05, 0.1) is 17.7 Å². The molecule has 1 N–H and O–H groups in total. The minimum atomic E-state index is -0.0338. The summed E-state index contributed by atoms with van der Waals surface area (Å²) in [5, 5.41) is 4.08. The molecule has 0 radical (unpaired) electrons. The summed E-state index contributed by atoms with van der Waals surface area (Å²) in [4.78, 5) is 20.0. The van der Waals surface area contributed by atoms with E-state index in [2.05, 4.69) is 10.3 Å². The highest BCUT2D eigenvalue weighted by Gasteiger charge is 2.17. The highest BCUT2D eigenvalue weighted by Crippen LogP contribution is 2.15. The molecule has 1 aliphatic rings. The largest absolute Gasteiger partial charge is 0.376 e. The predicted molar refractivity (Wildman–Crippen MR) is 120 cm³/mol. The third kappa shape index (κ3) is 7.87. The molecule has 1 atom stereocenters. The van der Waals surface area contributed by atoms with Gasteiger partial charge in [0.2, 0.25) is 5.91 Å². The molecule has 1 saturated heterocycles. The van der Waals surface area contributed by atoms with Crippen molar-refractivity contribution in [3.63, 3.8) is 0 Å². The third-order valence-electron chi connectivity index (χ3n) is 4.46. The number of carbonyl (C=O) groups is 1. The monoisotopic (exact) mass is 511 g/mol. The van der Waals surface area contributed by atoms with E-state index in [0.717, 1.165) is 25.1 Å².